The van der Waals surface area contributed by atoms with E-state index in [0.717, 1.165) is 6.08 Å². The SMILES string of the molecule is C=CC(=O)Oc1ccc2cc(OCC(=O)OC(CS(=O)(=O)[O-])(C(F)(F)F)C(F)(F)F)ccc2c1. The average molecular weight is 515 g/mol. The van der Waals surface area contributed by atoms with E-state index in [1.165, 1.54) is 36.4 Å². The number of rotatable bonds is 8. The summed E-state index contributed by atoms with van der Waals surface area (Å²) in [4.78, 5) is 23.0. The molecule has 34 heavy (non-hydrogen) atoms. The highest BCUT2D eigenvalue weighted by Gasteiger charge is 2.75. The van der Waals surface area contributed by atoms with Gasteiger partial charge >= 0.3 is 29.9 Å². The number of fused-ring (bicyclic) bond motifs is 1. The molecule has 0 unspecified atom stereocenters. The van der Waals surface area contributed by atoms with Crippen LogP contribution >= 0.6 is 0 Å². The highest BCUT2D eigenvalue weighted by atomic mass is 32.2. The Balaban J connectivity index is 2.21. The summed E-state index contributed by atoms with van der Waals surface area (Å²) < 4.78 is 124. The fourth-order valence-electron chi connectivity index (χ4n) is 2.60. The normalized spacial score (nSPS) is 12.8. The maximum atomic E-state index is 13.2. The Hall–Kier alpha value is -3.33. The molecule has 0 atom stereocenters. The Morgan fingerprint density at radius 2 is 1.44 bits per heavy atom. The van der Waals surface area contributed by atoms with Crippen molar-refractivity contribution in [3.8, 4) is 11.5 Å². The predicted octanol–water partition coefficient (Wildman–Crippen LogP) is 3.26. The molecule has 0 N–H and O–H groups in total. The van der Waals surface area contributed by atoms with Gasteiger partial charge in [-0.3, -0.25) is 0 Å². The smallest absolute Gasteiger partial charge is 0.438 e. The van der Waals surface area contributed by atoms with Gasteiger partial charge in [-0.05, 0) is 35.0 Å². The maximum Gasteiger partial charge on any atom is 0.438 e. The van der Waals surface area contributed by atoms with Gasteiger partial charge in [0.1, 0.15) is 11.5 Å². The minimum atomic E-state index is -6.48. The molecular weight excluding hydrogens is 502 g/mol. The lowest BCUT2D eigenvalue weighted by Gasteiger charge is -2.36. The molecule has 2 rings (SSSR count). The fourth-order valence-corrected chi connectivity index (χ4v) is 3.48. The van der Waals surface area contributed by atoms with Crippen molar-refractivity contribution < 1.29 is 63.1 Å². The second-order valence-electron chi connectivity index (χ2n) is 6.58. The van der Waals surface area contributed by atoms with Gasteiger partial charge in [0.2, 0.25) is 0 Å². The second kappa shape index (κ2) is 9.50. The molecule has 0 aromatic heterocycles. The average Bonchev–Trinajstić information content (AvgIpc) is 2.68. The molecule has 0 heterocycles. The Labute approximate surface area is 187 Å². The third-order valence-electron chi connectivity index (χ3n) is 4.11. The first-order valence-electron chi connectivity index (χ1n) is 8.77. The molecule has 0 saturated heterocycles. The van der Waals surface area contributed by atoms with Crippen LogP contribution in [0.4, 0.5) is 26.3 Å². The van der Waals surface area contributed by atoms with E-state index in [0.29, 0.717) is 10.8 Å². The molecule has 0 radical (unpaired) electrons. The van der Waals surface area contributed by atoms with Gasteiger partial charge in [-0.15, -0.1) is 0 Å². The first-order chi connectivity index (χ1) is 15.5. The number of ether oxygens (including phenoxy) is 3. The zero-order valence-corrected chi connectivity index (χ0v) is 17.4. The Bertz CT molecular complexity index is 1190. The van der Waals surface area contributed by atoms with Crippen molar-refractivity contribution in [3.63, 3.8) is 0 Å². The number of hydrogen-bond acceptors (Lipinski definition) is 8. The molecule has 0 saturated carbocycles. The van der Waals surface area contributed by atoms with E-state index in [2.05, 4.69) is 11.3 Å². The van der Waals surface area contributed by atoms with E-state index in [1.54, 1.807) is 0 Å². The molecule has 0 aliphatic heterocycles. The first kappa shape index (κ1) is 26.9. The van der Waals surface area contributed by atoms with Gasteiger partial charge in [0.25, 0.3) is 0 Å². The summed E-state index contributed by atoms with van der Waals surface area (Å²) in [6, 6.07) is 8.05. The van der Waals surface area contributed by atoms with Crippen molar-refractivity contribution in [1.82, 2.24) is 0 Å². The van der Waals surface area contributed by atoms with Crippen LogP contribution in [-0.2, 0) is 24.4 Å². The minimum Gasteiger partial charge on any atom is -0.748 e. The van der Waals surface area contributed by atoms with Crippen molar-refractivity contribution in [1.29, 1.82) is 0 Å². The zero-order chi connectivity index (χ0) is 25.9. The Morgan fingerprint density at radius 3 is 1.91 bits per heavy atom. The topological polar surface area (TPSA) is 119 Å². The quantitative estimate of drug-likeness (QED) is 0.173. The van der Waals surface area contributed by atoms with Crippen molar-refractivity contribution in [3.05, 3.63) is 49.1 Å². The van der Waals surface area contributed by atoms with Gasteiger partial charge in [-0.1, -0.05) is 18.7 Å². The molecule has 15 heteroatoms. The van der Waals surface area contributed by atoms with E-state index in [-0.39, 0.29) is 11.5 Å². The van der Waals surface area contributed by atoms with Crippen LogP contribution in [0.3, 0.4) is 0 Å². The van der Waals surface area contributed by atoms with Crippen molar-refractivity contribution >= 4 is 32.8 Å². The molecule has 0 fully saturated rings. The Kier molecular flexibility index (Phi) is 7.52. The summed E-state index contributed by atoms with van der Waals surface area (Å²) in [5.74, 6) is -6.09. The van der Waals surface area contributed by atoms with Gasteiger partial charge in [0.05, 0.1) is 15.9 Å². The molecule has 2 aromatic carbocycles. The van der Waals surface area contributed by atoms with Crippen LogP contribution in [0.2, 0.25) is 0 Å². The summed E-state index contributed by atoms with van der Waals surface area (Å²) in [6.45, 7) is 1.75. The van der Waals surface area contributed by atoms with Gasteiger partial charge in [-0.2, -0.15) is 26.3 Å². The zero-order valence-electron chi connectivity index (χ0n) is 16.6. The van der Waals surface area contributed by atoms with Crippen molar-refractivity contribution in [2.75, 3.05) is 12.4 Å². The molecule has 186 valence electrons. The highest BCUT2D eigenvalue weighted by molar-refractivity contribution is 7.85. The van der Waals surface area contributed by atoms with Gasteiger partial charge < -0.3 is 18.8 Å². The first-order valence-corrected chi connectivity index (χ1v) is 10.3. The monoisotopic (exact) mass is 515 g/mol. The van der Waals surface area contributed by atoms with Crippen molar-refractivity contribution in [2.24, 2.45) is 0 Å². The van der Waals surface area contributed by atoms with E-state index < -0.39 is 52.4 Å². The third-order valence-corrected chi connectivity index (χ3v) is 4.87. The maximum absolute atomic E-state index is 13.2. The number of carbonyl (C=O) groups is 2. The number of hydrogen-bond donors (Lipinski definition) is 0. The molecule has 0 aliphatic carbocycles. The lowest BCUT2D eigenvalue weighted by molar-refractivity contribution is -0.361. The number of carbonyl (C=O) groups excluding carboxylic acids is 2. The molecule has 0 spiro atoms. The summed E-state index contributed by atoms with van der Waals surface area (Å²) in [5, 5.41) is 0.903. The van der Waals surface area contributed by atoms with Crippen LogP contribution in [0.5, 0.6) is 11.5 Å². The number of esters is 2. The molecular formula is C19H13F6O8S-. The molecule has 0 aliphatic rings. The molecule has 0 bridgehead atoms. The van der Waals surface area contributed by atoms with Crippen LogP contribution < -0.4 is 9.47 Å². The predicted molar refractivity (Wildman–Crippen MR) is 101 cm³/mol. The van der Waals surface area contributed by atoms with Gasteiger partial charge in [0, 0.05) is 6.08 Å². The van der Waals surface area contributed by atoms with Crippen LogP contribution in [0, 0.1) is 0 Å². The number of halogens is 6. The van der Waals surface area contributed by atoms with E-state index in [1.807, 2.05) is 0 Å². The fraction of sp³-hybridized carbons (Fsp3) is 0.263. The number of benzene rings is 2. The third kappa shape index (κ3) is 6.38. The highest BCUT2D eigenvalue weighted by Crippen LogP contribution is 2.46. The van der Waals surface area contributed by atoms with E-state index in [4.69, 9.17) is 9.47 Å². The lowest BCUT2D eigenvalue weighted by Crippen LogP contribution is -2.63. The van der Waals surface area contributed by atoms with Gasteiger partial charge in [0.15, 0.2) is 6.61 Å². The summed E-state index contributed by atoms with van der Waals surface area (Å²) >= 11 is 0. The molecule has 8 nitrogen and oxygen atoms in total. The van der Waals surface area contributed by atoms with E-state index in [9.17, 15) is 48.9 Å². The van der Waals surface area contributed by atoms with Crippen LogP contribution in [0.15, 0.2) is 49.1 Å². The van der Waals surface area contributed by atoms with Gasteiger partial charge in [-0.25, -0.2) is 18.0 Å². The van der Waals surface area contributed by atoms with E-state index >= 15 is 0 Å². The lowest BCUT2D eigenvalue weighted by atomic mass is 10.1. The molecule has 0 amide bonds. The minimum absolute atomic E-state index is 0.151. The standard InChI is InChI=1S/C19H14F6O8S/c1-2-15(26)32-14-6-4-11-7-13(5-3-12(11)8-14)31-9-16(27)33-17(18(20,21)22,19(23,24)25)10-34(28,29)30/h2-8H,1,9-10H2,(H,28,29,30)/p-1. The van der Waals surface area contributed by atoms with Crippen LogP contribution in [0.25, 0.3) is 10.8 Å². The summed E-state index contributed by atoms with van der Waals surface area (Å²) in [5.41, 5.74) is -5.58. The Morgan fingerprint density at radius 1 is 0.941 bits per heavy atom. The number of alkyl halides is 6. The van der Waals surface area contributed by atoms with Crippen LogP contribution in [-0.4, -0.2) is 55.2 Å². The summed E-state index contributed by atoms with van der Waals surface area (Å²) in [6.07, 6.45) is -12.0. The molecule has 2 aromatic rings. The summed E-state index contributed by atoms with van der Waals surface area (Å²) in [7, 11) is -6.14. The second-order valence-corrected chi connectivity index (χ2v) is 7.99. The largest absolute Gasteiger partial charge is 0.748 e. The van der Waals surface area contributed by atoms with Crippen LogP contribution in [0.1, 0.15) is 0 Å². The van der Waals surface area contributed by atoms with Crippen molar-refractivity contribution in [2.45, 2.75) is 18.0 Å².